The summed E-state index contributed by atoms with van der Waals surface area (Å²) in [5.74, 6) is 0.275. The minimum atomic E-state index is -0.582. The Morgan fingerprint density at radius 1 is 1.61 bits per heavy atom. The van der Waals surface area contributed by atoms with E-state index in [4.69, 9.17) is 9.47 Å². The molecular formula is C11H15N3O4. The summed E-state index contributed by atoms with van der Waals surface area (Å²) in [7, 11) is 0. The van der Waals surface area contributed by atoms with Gasteiger partial charge in [-0.25, -0.2) is 4.79 Å². The van der Waals surface area contributed by atoms with Crippen LogP contribution in [0.2, 0.25) is 0 Å². The van der Waals surface area contributed by atoms with E-state index in [0.717, 1.165) is 5.01 Å². The maximum absolute atomic E-state index is 11.9. The monoisotopic (exact) mass is 253 g/mol. The molecule has 7 heteroatoms. The van der Waals surface area contributed by atoms with E-state index in [9.17, 15) is 9.59 Å². The molecule has 18 heavy (non-hydrogen) atoms. The molecule has 0 N–H and O–H groups in total. The molecule has 98 valence electrons. The highest BCUT2D eigenvalue weighted by Gasteiger charge is 2.60. The summed E-state index contributed by atoms with van der Waals surface area (Å²) in [6.45, 7) is 4.22. The molecule has 1 amide bonds. The third-order valence-corrected chi connectivity index (χ3v) is 3.37. The fourth-order valence-corrected chi connectivity index (χ4v) is 2.55. The molecule has 0 aromatic heterocycles. The van der Waals surface area contributed by atoms with Gasteiger partial charge in [-0.3, -0.25) is 4.79 Å². The standard InChI is InChI=1S/C11H15N3O4/c1-5(2)4-17-11(16)14-9-8(12-13-14)7-3-6(15)10(9)18-7/h5,7-10H,3-4H2,1-2H3/t7-,8-,9-,10-/m0/s1. The van der Waals surface area contributed by atoms with Crippen LogP contribution >= 0.6 is 0 Å². The van der Waals surface area contributed by atoms with Crippen molar-refractivity contribution in [3.8, 4) is 0 Å². The van der Waals surface area contributed by atoms with Crippen molar-refractivity contribution in [1.29, 1.82) is 0 Å². The summed E-state index contributed by atoms with van der Waals surface area (Å²) < 4.78 is 10.6. The number of carbonyl (C=O) groups excluding carboxylic acids is 2. The lowest BCUT2D eigenvalue weighted by Crippen LogP contribution is -2.49. The molecule has 3 heterocycles. The average molecular weight is 253 g/mol. The van der Waals surface area contributed by atoms with Crippen molar-refractivity contribution in [1.82, 2.24) is 5.01 Å². The Labute approximate surface area is 104 Å². The number of hydrogen-bond acceptors (Lipinski definition) is 6. The third kappa shape index (κ3) is 1.61. The molecule has 3 aliphatic rings. The molecule has 0 aromatic carbocycles. The normalized spacial score (nSPS) is 36.6. The number of Topliss-reactive ketones (excluding diaryl/α,β-unsaturated/α-hetero) is 1. The summed E-state index contributed by atoms with van der Waals surface area (Å²) in [6.07, 6.45) is -0.982. The molecule has 4 atom stereocenters. The number of rotatable bonds is 2. The maximum Gasteiger partial charge on any atom is 0.432 e. The van der Waals surface area contributed by atoms with E-state index in [2.05, 4.69) is 10.3 Å². The number of ketones is 1. The van der Waals surface area contributed by atoms with Crippen molar-refractivity contribution in [2.75, 3.05) is 6.61 Å². The first kappa shape index (κ1) is 11.6. The van der Waals surface area contributed by atoms with Crippen molar-refractivity contribution in [2.45, 2.75) is 44.6 Å². The van der Waals surface area contributed by atoms with Gasteiger partial charge in [-0.05, 0) is 5.92 Å². The average Bonchev–Trinajstić information content (AvgIpc) is 2.95. The molecule has 0 aliphatic carbocycles. The van der Waals surface area contributed by atoms with E-state index in [1.54, 1.807) is 0 Å². The lowest BCUT2D eigenvalue weighted by Gasteiger charge is -2.23. The highest BCUT2D eigenvalue weighted by Crippen LogP contribution is 2.40. The Kier molecular flexibility index (Phi) is 2.58. The smallest absolute Gasteiger partial charge is 0.432 e. The Bertz CT molecular complexity index is 423. The van der Waals surface area contributed by atoms with Gasteiger partial charge in [0.25, 0.3) is 0 Å². The molecule has 2 saturated heterocycles. The molecule has 0 saturated carbocycles. The largest absolute Gasteiger partial charge is 0.448 e. The first-order valence-electron chi connectivity index (χ1n) is 6.13. The Morgan fingerprint density at radius 3 is 3.11 bits per heavy atom. The summed E-state index contributed by atoms with van der Waals surface area (Å²) in [5.41, 5.74) is 0. The van der Waals surface area contributed by atoms with Gasteiger partial charge in [-0.15, -0.1) is 0 Å². The molecule has 3 rings (SSSR count). The van der Waals surface area contributed by atoms with Gasteiger partial charge in [-0.1, -0.05) is 19.1 Å². The first-order valence-corrected chi connectivity index (χ1v) is 6.13. The van der Waals surface area contributed by atoms with Crippen LogP contribution in [0.4, 0.5) is 4.79 Å². The number of fused-ring (bicyclic) bond motifs is 5. The molecule has 2 bridgehead atoms. The van der Waals surface area contributed by atoms with Gasteiger partial charge in [-0.2, -0.15) is 10.1 Å². The SMILES string of the molecule is CC(C)COC(=O)N1N=N[C@@H]2[C@H]1[C@H]1O[C@H]2CC1=O. The molecule has 0 unspecified atom stereocenters. The van der Waals surface area contributed by atoms with Crippen molar-refractivity contribution >= 4 is 11.9 Å². The lowest BCUT2D eigenvalue weighted by atomic mass is 9.90. The van der Waals surface area contributed by atoms with Crippen LogP contribution < -0.4 is 0 Å². The van der Waals surface area contributed by atoms with E-state index < -0.39 is 18.2 Å². The van der Waals surface area contributed by atoms with E-state index >= 15 is 0 Å². The van der Waals surface area contributed by atoms with Crippen LogP contribution in [0.25, 0.3) is 0 Å². The van der Waals surface area contributed by atoms with Gasteiger partial charge in [0.15, 0.2) is 5.78 Å². The quantitative estimate of drug-likeness (QED) is 0.733. The van der Waals surface area contributed by atoms with E-state index in [-0.39, 0.29) is 23.8 Å². The Balaban J connectivity index is 1.70. The zero-order chi connectivity index (χ0) is 12.9. The van der Waals surface area contributed by atoms with E-state index in [0.29, 0.717) is 13.0 Å². The number of amides is 1. The van der Waals surface area contributed by atoms with Crippen LogP contribution in [-0.4, -0.2) is 47.8 Å². The van der Waals surface area contributed by atoms with Crippen LogP contribution in [-0.2, 0) is 14.3 Å². The minimum Gasteiger partial charge on any atom is -0.448 e. The molecule has 0 radical (unpaired) electrons. The molecule has 7 nitrogen and oxygen atoms in total. The summed E-state index contributed by atoms with van der Waals surface area (Å²) in [6, 6.07) is -0.616. The second kappa shape index (κ2) is 4.01. The van der Waals surface area contributed by atoms with Crippen molar-refractivity contribution in [3.63, 3.8) is 0 Å². The maximum atomic E-state index is 11.9. The zero-order valence-electron chi connectivity index (χ0n) is 10.3. The predicted octanol–water partition coefficient (Wildman–Crippen LogP) is 0.939. The van der Waals surface area contributed by atoms with E-state index in [1.807, 2.05) is 13.8 Å². The summed E-state index contributed by atoms with van der Waals surface area (Å²) >= 11 is 0. The van der Waals surface area contributed by atoms with Crippen molar-refractivity contribution in [3.05, 3.63) is 0 Å². The summed E-state index contributed by atoms with van der Waals surface area (Å²) in [4.78, 5) is 23.5. The van der Waals surface area contributed by atoms with Gasteiger partial charge in [0.1, 0.15) is 18.2 Å². The van der Waals surface area contributed by atoms with Crippen LogP contribution in [0.3, 0.4) is 0 Å². The fourth-order valence-electron chi connectivity index (χ4n) is 2.55. The van der Waals surface area contributed by atoms with Crippen molar-refractivity contribution in [2.24, 2.45) is 16.3 Å². The number of nitrogens with zero attached hydrogens (tertiary/aromatic N) is 3. The van der Waals surface area contributed by atoms with Gasteiger partial charge >= 0.3 is 6.09 Å². The highest BCUT2D eigenvalue weighted by atomic mass is 16.6. The molecule has 3 aliphatic heterocycles. The highest BCUT2D eigenvalue weighted by molar-refractivity contribution is 5.88. The van der Waals surface area contributed by atoms with Gasteiger partial charge < -0.3 is 9.47 Å². The van der Waals surface area contributed by atoms with Gasteiger partial charge in [0.05, 0.1) is 12.7 Å². The lowest BCUT2D eigenvalue weighted by molar-refractivity contribution is -0.123. The minimum absolute atomic E-state index is 0.0233. The Hall–Kier alpha value is -1.50. The number of ether oxygens (including phenoxy) is 2. The van der Waals surface area contributed by atoms with Crippen LogP contribution in [0.5, 0.6) is 0 Å². The molecular weight excluding hydrogens is 238 g/mol. The Morgan fingerprint density at radius 2 is 2.39 bits per heavy atom. The second-order valence-corrected chi connectivity index (χ2v) is 5.27. The third-order valence-electron chi connectivity index (χ3n) is 3.37. The predicted molar refractivity (Wildman–Crippen MR) is 58.7 cm³/mol. The van der Waals surface area contributed by atoms with Crippen molar-refractivity contribution < 1.29 is 19.1 Å². The molecule has 0 aromatic rings. The van der Waals surface area contributed by atoms with Crippen LogP contribution in [0, 0.1) is 5.92 Å². The first-order chi connectivity index (χ1) is 8.58. The topological polar surface area (TPSA) is 80.6 Å². The zero-order valence-corrected chi connectivity index (χ0v) is 10.3. The second-order valence-electron chi connectivity index (χ2n) is 5.27. The molecule has 2 fully saturated rings. The van der Waals surface area contributed by atoms with E-state index in [1.165, 1.54) is 0 Å². The van der Waals surface area contributed by atoms with Gasteiger partial charge in [0.2, 0.25) is 0 Å². The molecule has 0 spiro atoms. The number of carbonyl (C=O) groups is 2. The van der Waals surface area contributed by atoms with Crippen LogP contribution in [0.15, 0.2) is 10.3 Å². The summed E-state index contributed by atoms with van der Waals surface area (Å²) in [5, 5.41) is 9.00. The van der Waals surface area contributed by atoms with Crippen LogP contribution in [0.1, 0.15) is 20.3 Å². The number of hydrogen-bond donors (Lipinski definition) is 0. The fraction of sp³-hybridized carbons (Fsp3) is 0.818. The van der Waals surface area contributed by atoms with Gasteiger partial charge in [0, 0.05) is 6.42 Å².